The Kier molecular flexibility index (Phi) is 64.4. The molecule has 0 aromatic rings. The van der Waals surface area contributed by atoms with Crippen molar-refractivity contribution in [3.63, 3.8) is 0 Å². The third-order valence-electron chi connectivity index (χ3n) is 16.2. The highest BCUT2D eigenvalue weighted by molar-refractivity contribution is 5.76. The van der Waals surface area contributed by atoms with E-state index in [1.807, 2.05) is 6.08 Å². The molecule has 0 heterocycles. The minimum Gasteiger partial charge on any atom is -0.466 e. The summed E-state index contributed by atoms with van der Waals surface area (Å²) in [5.74, 6) is -0.0446. The zero-order chi connectivity index (χ0) is 55.0. The predicted molar refractivity (Wildman–Crippen MR) is 333 cm³/mol. The molecule has 2 unspecified atom stereocenters. The van der Waals surface area contributed by atoms with Gasteiger partial charge in [-0.3, -0.25) is 9.59 Å². The Morgan fingerprint density at radius 2 is 0.618 bits per heavy atom. The number of amides is 1. The maximum Gasteiger partial charge on any atom is 0.305 e. The van der Waals surface area contributed by atoms with Gasteiger partial charge in [-0.25, -0.2) is 0 Å². The molecule has 1 amide bonds. The Bertz CT molecular complexity index is 1190. The molecule has 0 spiro atoms. The molecular weight excluding hydrogens is 935 g/mol. The monoisotopic (exact) mass is 1070 g/mol. The summed E-state index contributed by atoms with van der Waals surface area (Å²) in [4.78, 5) is 24.5. The van der Waals surface area contributed by atoms with Crippen molar-refractivity contribution in [2.24, 2.45) is 0 Å². The van der Waals surface area contributed by atoms with E-state index in [9.17, 15) is 19.8 Å². The molecule has 0 saturated heterocycles. The molecular formula is C70H135NO5. The standard InChI is InChI=1S/C70H135NO5/c1-3-5-7-9-11-13-14-15-16-17-31-35-38-41-44-48-52-56-60-64-70(75)76-65-61-57-53-49-45-42-39-36-33-30-28-26-24-22-20-18-19-21-23-25-27-29-32-34-37-40-43-47-51-55-59-63-69(74)71-67(66-72)68(73)62-58-54-50-46-12-10-8-6-4-2/h15-16,58,62,67-68,72-73H,3-14,17-57,59-61,63-66H2,1-2H3,(H,71,74)/b16-15-,62-58+. The van der Waals surface area contributed by atoms with Gasteiger partial charge >= 0.3 is 5.97 Å². The number of carbonyl (C=O) groups excluding carboxylic acids is 2. The third kappa shape index (κ3) is 61.6. The fraction of sp³-hybridized carbons (Fsp3) is 0.914. The Labute approximate surface area is 475 Å². The molecule has 0 aromatic heterocycles. The molecule has 6 heteroatoms. The summed E-state index contributed by atoms with van der Waals surface area (Å²) in [6.45, 7) is 4.90. The molecule has 0 fully saturated rings. The van der Waals surface area contributed by atoms with Crippen LogP contribution in [0.25, 0.3) is 0 Å². The molecule has 0 aliphatic rings. The molecule has 6 nitrogen and oxygen atoms in total. The van der Waals surface area contributed by atoms with E-state index in [0.717, 1.165) is 38.5 Å². The smallest absolute Gasteiger partial charge is 0.305 e. The summed E-state index contributed by atoms with van der Waals surface area (Å²) in [6, 6.07) is -0.622. The van der Waals surface area contributed by atoms with Crippen molar-refractivity contribution in [2.45, 2.75) is 398 Å². The number of ether oxygens (including phenoxy) is 1. The number of aliphatic hydroxyl groups is 2. The number of hydrogen-bond acceptors (Lipinski definition) is 5. The van der Waals surface area contributed by atoms with E-state index in [-0.39, 0.29) is 18.5 Å². The second kappa shape index (κ2) is 65.9. The first-order chi connectivity index (χ1) is 37.5. The van der Waals surface area contributed by atoms with Gasteiger partial charge < -0.3 is 20.3 Å². The number of esters is 1. The number of carbonyl (C=O) groups is 2. The molecule has 0 bridgehead atoms. The zero-order valence-corrected chi connectivity index (χ0v) is 51.5. The van der Waals surface area contributed by atoms with Crippen LogP contribution in [0.1, 0.15) is 386 Å². The predicted octanol–water partition coefficient (Wildman–Crippen LogP) is 22.1. The summed E-state index contributed by atoms with van der Waals surface area (Å²) in [7, 11) is 0. The van der Waals surface area contributed by atoms with Gasteiger partial charge in [0.25, 0.3) is 0 Å². The summed E-state index contributed by atoms with van der Waals surface area (Å²) in [5.41, 5.74) is 0. The second-order valence-electron chi connectivity index (χ2n) is 23.9. The van der Waals surface area contributed by atoms with E-state index in [0.29, 0.717) is 19.4 Å². The fourth-order valence-corrected chi connectivity index (χ4v) is 10.9. The van der Waals surface area contributed by atoms with Crippen LogP contribution in [0.5, 0.6) is 0 Å². The van der Waals surface area contributed by atoms with Gasteiger partial charge in [0.15, 0.2) is 0 Å². The van der Waals surface area contributed by atoms with Crippen LogP contribution in [-0.2, 0) is 14.3 Å². The molecule has 0 aromatic carbocycles. The normalized spacial score (nSPS) is 12.6. The average Bonchev–Trinajstić information content (AvgIpc) is 3.42. The van der Waals surface area contributed by atoms with E-state index in [1.165, 1.54) is 321 Å². The summed E-state index contributed by atoms with van der Waals surface area (Å²) in [6.07, 6.45) is 82.8. The lowest BCUT2D eigenvalue weighted by molar-refractivity contribution is -0.143. The van der Waals surface area contributed by atoms with Crippen LogP contribution in [0.4, 0.5) is 0 Å². The maximum absolute atomic E-state index is 12.4. The van der Waals surface area contributed by atoms with Crippen LogP contribution < -0.4 is 5.32 Å². The number of unbranched alkanes of at least 4 members (excludes halogenated alkanes) is 52. The minimum absolute atomic E-state index is 0.0204. The van der Waals surface area contributed by atoms with Crippen LogP contribution in [0.15, 0.2) is 24.3 Å². The third-order valence-corrected chi connectivity index (χ3v) is 16.2. The Morgan fingerprint density at radius 1 is 0.355 bits per heavy atom. The van der Waals surface area contributed by atoms with Crippen LogP contribution in [0.2, 0.25) is 0 Å². The first kappa shape index (κ1) is 74.3. The van der Waals surface area contributed by atoms with Crippen molar-refractivity contribution >= 4 is 11.9 Å². The van der Waals surface area contributed by atoms with Gasteiger partial charge in [0.2, 0.25) is 5.91 Å². The lowest BCUT2D eigenvalue weighted by atomic mass is 10.0. The number of allylic oxidation sites excluding steroid dienone is 3. The van der Waals surface area contributed by atoms with Crippen LogP contribution in [0, 0.1) is 0 Å². The van der Waals surface area contributed by atoms with Gasteiger partial charge in [-0.2, -0.15) is 0 Å². The van der Waals surface area contributed by atoms with Crippen LogP contribution >= 0.6 is 0 Å². The van der Waals surface area contributed by atoms with E-state index in [2.05, 4.69) is 31.3 Å². The van der Waals surface area contributed by atoms with Crippen molar-refractivity contribution in [3.05, 3.63) is 24.3 Å². The molecule has 0 saturated carbocycles. The lowest BCUT2D eigenvalue weighted by Crippen LogP contribution is -2.45. The molecule has 0 rings (SSSR count). The summed E-state index contributed by atoms with van der Waals surface area (Å²) < 4.78 is 5.51. The van der Waals surface area contributed by atoms with Crippen LogP contribution in [-0.4, -0.2) is 47.4 Å². The van der Waals surface area contributed by atoms with E-state index < -0.39 is 12.1 Å². The van der Waals surface area contributed by atoms with E-state index in [4.69, 9.17) is 4.74 Å². The Balaban J connectivity index is 3.29. The highest BCUT2D eigenvalue weighted by Gasteiger charge is 2.18. The number of aliphatic hydroxyl groups excluding tert-OH is 2. The first-order valence-corrected chi connectivity index (χ1v) is 34.6. The molecule has 3 N–H and O–H groups in total. The van der Waals surface area contributed by atoms with Crippen LogP contribution in [0.3, 0.4) is 0 Å². The number of rotatable bonds is 65. The highest BCUT2D eigenvalue weighted by atomic mass is 16.5. The van der Waals surface area contributed by atoms with Gasteiger partial charge in [0.1, 0.15) is 0 Å². The largest absolute Gasteiger partial charge is 0.466 e. The SMILES string of the molecule is CCCCCCCC/C=C\CCCCCCCCCCCC(=O)OCCCCCCCCCCCCCCCCCCCCCCCCCCCCCCCCCC(=O)NC(CO)C(O)/C=C/CCCCCCCCC. The van der Waals surface area contributed by atoms with Gasteiger partial charge in [-0.1, -0.05) is 340 Å². The van der Waals surface area contributed by atoms with Gasteiger partial charge in [0.05, 0.1) is 25.4 Å². The zero-order valence-electron chi connectivity index (χ0n) is 51.5. The van der Waals surface area contributed by atoms with E-state index in [1.54, 1.807) is 6.08 Å². The first-order valence-electron chi connectivity index (χ1n) is 34.6. The maximum atomic E-state index is 12.4. The van der Waals surface area contributed by atoms with Gasteiger partial charge in [0, 0.05) is 12.8 Å². The van der Waals surface area contributed by atoms with Gasteiger partial charge in [-0.15, -0.1) is 0 Å². The molecule has 0 aliphatic carbocycles. The molecule has 76 heavy (non-hydrogen) atoms. The summed E-state index contributed by atoms with van der Waals surface area (Å²) in [5, 5.41) is 23.0. The van der Waals surface area contributed by atoms with Crippen molar-refractivity contribution in [1.29, 1.82) is 0 Å². The topological polar surface area (TPSA) is 95.9 Å². The Hall–Kier alpha value is -1.66. The Morgan fingerprint density at radius 3 is 0.934 bits per heavy atom. The van der Waals surface area contributed by atoms with Crippen molar-refractivity contribution < 1.29 is 24.5 Å². The van der Waals surface area contributed by atoms with Crippen molar-refractivity contribution in [1.82, 2.24) is 5.32 Å². The number of hydrogen-bond donors (Lipinski definition) is 3. The minimum atomic E-state index is -0.839. The lowest BCUT2D eigenvalue weighted by Gasteiger charge is -2.20. The summed E-state index contributed by atoms with van der Waals surface area (Å²) >= 11 is 0. The van der Waals surface area contributed by atoms with Gasteiger partial charge in [-0.05, 0) is 57.8 Å². The number of nitrogens with one attached hydrogen (secondary N) is 1. The average molecular weight is 1070 g/mol. The fourth-order valence-electron chi connectivity index (χ4n) is 10.9. The molecule has 0 aliphatic heterocycles. The highest BCUT2D eigenvalue weighted by Crippen LogP contribution is 2.19. The van der Waals surface area contributed by atoms with Crippen molar-refractivity contribution in [2.75, 3.05) is 13.2 Å². The van der Waals surface area contributed by atoms with E-state index >= 15 is 0 Å². The molecule has 450 valence electrons. The second-order valence-corrected chi connectivity index (χ2v) is 23.9. The quantitative estimate of drug-likeness (QED) is 0.0320. The molecule has 2 atom stereocenters. The van der Waals surface area contributed by atoms with Crippen molar-refractivity contribution in [3.8, 4) is 0 Å². The molecule has 0 radical (unpaired) electrons.